The first kappa shape index (κ1) is 15.0. The van der Waals surface area contributed by atoms with Crippen LogP contribution < -0.4 is 10.5 Å². The van der Waals surface area contributed by atoms with Gasteiger partial charge >= 0.3 is 0 Å². The SMILES string of the molecule is CCC(N)Cc1ccccc1Oc1cc(F)cc(Br)c1. The molecule has 1 unspecified atom stereocenters. The molecule has 20 heavy (non-hydrogen) atoms. The van der Waals surface area contributed by atoms with E-state index < -0.39 is 0 Å². The van der Waals surface area contributed by atoms with E-state index in [1.165, 1.54) is 12.1 Å². The summed E-state index contributed by atoms with van der Waals surface area (Å²) in [6, 6.07) is 12.3. The van der Waals surface area contributed by atoms with Crippen molar-refractivity contribution in [2.75, 3.05) is 0 Å². The van der Waals surface area contributed by atoms with E-state index in [9.17, 15) is 4.39 Å². The zero-order valence-corrected chi connectivity index (χ0v) is 12.9. The van der Waals surface area contributed by atoms with E-state index in [0.717, 1.165) is 18.4 Å². The van der Waals surface area contributed by atoms with Crippen LogP contribution >= 0.6 is 15.9 Å². The molecular formula is C16H17BrFNO. The second kappa shape index (κ2) is 6.86. The summed E-state index contributed by atoms with van der Waals surface area (Å²) in [4.78, 5) is 0. The number of nitrogens with two attached hydrogens (primary N) is 1. The van der Waals surface area contributed by atoms with Gasteiger partial charge in [0.2, 0.25) is 0 Å². The average molecular weight is 338 g/mol. The monoisotopic (exact) mass is 337 g/mol. The summed E-state index contributed by atoms with van der Waals surface area (Å²) in [5, 5.41) is 0. The molecule has 0 aromatic heterocycles. The van der Waals surface area contributed by atoms with E-state index >= 15 is 0 Å². The van der Waals surface area contributed by atoms with Crippen LogP contribution in [0.25, 0.3) is 0 Å². The zero-order chi connectivity index (χ0) is 14.5. The van der Waals surface area contributed by atoms with Crippen LogP contribution in [0.3, 0.4) is 0 Å². The van der Waals surface area contributed by atoms with Crippen molar-refractivity contribution in [3.63, 3.8) is 0 Å². The molecule has 0 amide bonds. The molecule has 2 aromatic rings. The van der Waals surface area contributed by atoms with Gasteiger partial charge in [-0.1, -0.05) is 41.1 Å². The van der Waals surface area contributed by atoms with Gasteiger partial charge < -0.3 is 10.5 Å². The molecule has 0 aliphatic rings. The Bertz CT molecular complexity index is 568. The maximum absolute atomic E-state index is 13.4. The maximum Gasteiger partial charge on any atom is 0.131 e. The Morgan fingerprint density at radius 1 is 1.25 bits per heavy atom. The largest absolute Gasteiger partial charge is 0.457 e. The van der Waals surface area contributed by atoms with Crippen LogP contribution in [0.5, 0.6) is 11.5 Å². The van der Waals surface area contributed by atoms with Gasteiger partial charge in [-0.15, -0.1) is 0 Å². The van der Waals surface area contributed by atoms with Crippen LogP contribution in [-0.4, -0.2) is 6.04 Å². The van der Waals surface area contributed by atoms with Gasteiger partial charge in [-0.05, 0) is 36.6 Å². The summed E-state index contributed by atoms with van der Waals surface area (Å²) in [6.45, 7) is 2.05. The molecule has 2 rings (SSSR count). The Kier molecular flexibility index (Phi) is 5.15. The minimum absolute atomic E-state index is 0.0963. The normalized spacial score (nSPS) is 12.2. The van der Waals surface area contributed by atoms with Crippen LogP contribution in [0.1, 0.15) is 18.9 Å². The third-order valence-electron chi connectivity index (χ3n) is 3.04. The van der Waals surface area contributed by atoms with E-state index in [0.29, 0.717) is 16.0 Å². The van der Waals surface area contributed by atoms with E-state index in [1.807, 2.05) is 24.3 Å². The Morgan fingerprint density at radius 2 is 2.00 bits per heavy atom. The number of para-hydroxylation sites is 1. The van der Waals surface area contributed by atoms with Crippen molar-refractivity contribution < 1.29 is 9.13 Å². The van der Waals surface area contributed by atoms with Crippen LogP contribution in [0.2, 0.25) is 0 Å². The summed E-state index contributed by atoms with van der Waals surface area (Å²) >= 11 is 3.26. The summed E-state index contributed by atoms with van der Waals surface area (Å²) in [5.74, 6) is 0.848. The number of ether oxygens (including phenoxy) is 1. The Morgan fingerprint density at radius 3 is 2.70 bits per heavy atom. The molecule has 2 N–H and O–H groups in total. The number of halogens is 2. The van der Waals surface area contributed by atoms with Crippen molar-refractivity contribution in [3.05, 3.63) is 58.3 Å². The Balaban J connectivity index is 2.24. The third kappa shape index (κ3) is 4.05. The summed E-state index contributed by atoms with van der Waals surface area (Å²) in [5.41, 5.74) is 7.02. The van der Waals surface area contributed by atoms with Crippen molar-refractivity contribution >= 4 is 15.9 Å². The van der Waals surface area contributed by atoms with Gasteiger partial charge in [-0.25, -0.2) is 4.39 Å². The Labute approximate surface area is 126 Å². The standard InChI is InChI=1S/C16H17BrFNO/c1-2-14(19)7-11-5-3-4-6-16(11)20-15-9-12(17)8-13(18)10-15/h3-6,8-10,14H,2,7,19H2,1H3. The third-order valence-corrected chi connectivity index (χ3v) is 3.50. The highest BCUT2D eigenvalue weighted by Gasteiger charge is 2.09. The van der Waals surface area contributed by atoms with Gasteiger partial charge in [-0.2, -0.15) is 0 Å². The molecule has 0 saturated heterocycles. The van der Waals surface area contributed by atoms with Crippen molar-refractivity contribution in [3.8, 4) is 11.5 Å². The fourth-order valence-electron chi connectivity index (χ4n) is 1.91. The van der Waals surface area contributed by atoms with Crippen molar-refractivity contribution in [1.29, 1.82) is 0 Å². The molecule has 0 fully saturated rings. The van der Waals surface area contributed by atoms with Crippen molar-refractivity contribution in [2.45, 2.75) is 25.8 Å². The summed E-state index contributed by atoms with van der Waals surface area (Å²) in [6.07, 6.45) is 1.64. The average Bonchev–Trinajstić information content (AvgIpc) is 2.39. The van der Waals surface area contributed by atoms with Crippen LogP contribution in [-0.2, 0) is 6.42 Å². The number of hydrogen-bond acceptors (Lipinski definition) is 2. The van der Waals surface area contributed by atoms with E-state index in [1.54, 1.807) is 6.07 Å². The number of benzene rings is 2. The van der Waals surface area contributed by atoms with E-state index in [-0.39, 0.29) is 11.9 Å². The molecule has 0 aliphatic carbocycles. The molecule has 0 spiro atoms. The highest BCUT2D eigenvalue weighted by atomic mass is 79.9. The molecule has 106 valence electrons. The number of hydrogen-bond donors (Lipinski definition) is 1. The van der Waals surface area contributed by atoms with E-state index in [4.69, 9.17) is 10.5 Å². The first-order valence-electron chi connectivity index (χ1n) is 6.56. The minimum atomic E-state index is -0.336. The van der Waals surface area contributed by atoms with Crippen molar-refractivity contribution in [1.82, 2.24) is 0 Å². The van der Waals surface area contributed by atoms with E-state index in [2.05, 4.69) is 22.9 Å². The van der Waals surface area contributed by atoms with Gasteiger partial charge in [0.1, 0.15) is 17.3 Å². The zero-order valence-electron chi connectivity index (χ0n) is 11.3. The lowest BCUT2D eigenvalue weighted by Crippen LogP contribution is -2.21. The smallest absolute Gasteiger partial charge is 0.131 e. The summed E-state index contributed by atoms with van der Waals surface area (Å²) < 4.78 is 19.8. The molecule has 0 radical (unpaired) electrons. The molecule has 0 saturated carbocycles. The first-order valence-corrected chi connectivity index (χ1v) is 7.35. The van der Waals surface area contributed by atoms with Crippen LogP contribution in [0, 0.1) is 5.82 Å². The molecule has 0 heterocycles. The van der Waals surface area contributed by atoms with Crippen LogP contribution in [0.4, 0.5) is 4.39 Å². The lowest BCUT2D eigenvalue weighted by Gasteiger charge is -2.14. The second-order valence-corrected chi connectivity index (χ2v) is 5.60. The molecule has 0 aliphatic heterocycles. The van der Waals surface area contributed by atoms with Crippen molar-refractivity contribution in [2.24, 2.45) is 5.73 Å². The molecule has 2 nitrogen and oxygen atoms in total. The Hall–Kier alpha value is -1.39. The van der Waals surface area contributed by atoms with Crippen LogP contribution in [0.15, 0.2) is 46.9 Å². The van der Waals surface area contributed by atoms with Gasteiger partial charge in [-0.3, -0.25) is 0 Å². The van der Waals surface area contributed by atoms with Gasteiger partial charge in [0, 0.05) is 16.6 Å². The lowest BCUT2D eigenvalue weighted by molar-refractivity contribution is 0.466. The molecule has 4 heteroatoms. The van der Waals surface area contributed by atoms with Gasteiger partial charge in [0.05, 0.1) is 0 Å². The van der Waals surface area contributed by atoms with Gasteiger partial charge in [0.25, 0.3) is 0 Å². The fraction of sp³-hybridized carbons (Fsp3) is 0.250. The molecule has 2 aromatic carbocycles. The summed E-state index contributed by atoms with van der Waals surface area (Å²) in [7, 11) is 0. The second-order valence-electron chi connectivity index (χ2n) is 4.69. The first-order chi connectivity index (χ1) is 9.58. The fourth-order valence-corrected chi connectivity index (χ4v) is 2.36. The minimum Gasteiger partial charge on any atom is -0.457 e. The molecule has 1 atom stereocenters. The predicted octanol–water partition coefficient (Wildman–Crippen LogP) is 4.66. The highest BCUT2D eigenvalue weighted by molar-refractivity contribution is 9.10. The number of rotatable bonds is 5. The topological polar surface area (TPSA) is 35.2 Å². The molecular weight excluding hydrogens is 321 g/mol. The lowest BCUT2D eigenvalue weighted by atomic mass is 10.0. The molecule has 0 bridgehead atoms. The maximum atomic E-state index is 13.4. The predicted molar refractivity (Wildman–Crippen MR) is 82.6 cm³/mol. The van der Waals surface area contributed by atoms with Gasteiger partial charge in [0.15, 0.2) is 0 Å². The highest BCUT2D eigenvalue weighted by Crippen LogP contribution is 2.29. The quantitative estimate of drug-likeness (QED) is 0.861.